The lowest BCUT2D eigenvalue weighted by atomic mass is 9.90. The molecule has 2 heterocycles. The van der Waals surface area contributed by atoms with Crippen LogP contribution >= 0.6 is 11.6 Å². The van der Waals surface area contributed by atoms with E-state index in [1.807, 2.05) is 0 Å². The normalized spacial score (nSPS) is 18.1. The van der Waals surface area contributed by atoms with Gasteiger partial charge in [0.05, 0.1) is 23.7 Å². The van der Waals surface area contributed by atoms with Crippen LogP contribution in [0.5, 0.6) is 0 Å². The molecule has 2 aliphatic rings. The molecule has 0 unspecified atom stereocenters. The summed E-state index contributed by atoms with van der Waals surface area (Å²) in [7, 11) is 0. The highest BCUT2D eigenvalue weighted by Crippen LogP contribution is 2.39. The molecule has 0 saturated heterocycles. The molecule has 0 fully saturated rings. The minimum atomic E-state index is -4.49. The lowest BCUT2D eigenvalue weighted by Gasteiger charge is -2.33. The first kappa shape index (κ1) is 19.6. The van der Waals surface area contributed by atoms with Crippen LogP contribution in [0.15, 0.2) is 30.7 Å². The summed E-state index contributed by atoms with van der Waals surface area (Å²) in [6.45, 7) is 1.72. The molecule has 6 nitrogen and oxygen atoms in total. The summed E-state index contributed by atoms with van der Waals surface area (Å²) in [4.78, 5) is 8.54. The van der Waals surface area contributed by atoms with Gasteiger partial charge in [-0.05, 0) is 48.7 Å². The number of nitrogen functional groups attached to an aromatic ring is 1. The zero-order valence-corrected chi connectivity index (χ0v) is 16.1. The highest BCUT2D eigenvalue weighted by molar-refractivity contribution is 6.28. The first-order chi connectivity index (χ1) is 13.7. The maximum atomic E-state index is 13.1. The molecule has 154 valence electrons. The molecule has 1 atom stereocenters. The predicted octanol–water partition coefficient (Wildman–Crippen LogP) is 4.61. The SMILES string of the molecule is C[C@@H](Nc1nc(Cl)nc2c1CC1(CC2)OC=CO1)c1cc(N)cc(C(F)(F)F)c1. The fourth-order valence-corrected chi connectivity index (χ4v) is 3.78. The van der Waals surface area contributed by atoms with Crippen molar-refractivity contribution in [2.45, 2.75) is 44.2 Å². The summed E-state index contributed by atoms with van der Waals surface area (Å²) >= 11 is 6.07. The Balaban J connectivity index is 1.65. The van der Waals surface area contributed by atoms with Crippen LogP contribution in [-0.4, -0.2) is 15.8 Å². The monoisotopic (exact) mass is 426 g/mol. The van der Waals surface area contributed by atoms with E-state index >= 15 is 0 Å². The van der Waals surface area contributed by atoms with Crippen molar-refractivity contribution >= 4 is 23.1 Å². The molecule has 29 heavy (non-hydrogen) atoms. The highest BCUT2D eigenvalue weighted by atomic mass is 35.5. The number of benzene rings is 1. The zero-order valence-electron chi connectivity index (χ0n) is 15.4. The average Bonchev–Trinajstić information content (AvgIpc) is 3.09. The van der Waals surface area contributed by atoms with E-state index in [-0.39, 0.29) is 11.0 Å². The van der Waals surface area contributed by atoms with Crippen molar-refractivity contribution in [1.29, 1.82) is 0 Å². The zero-order chi connectivity index (χ0) is 20.8. The van der Waals surface area contributed by atoms with Crippen molar-refractivity contribution < 1.29 is 22.6 Å². The lowest BCUT2D eigenvalue weighted by molar-refractivity contribution is -0.148. The van der Waals surface area contributed by atoms with Crippen molar-refractivity contribution in [1.82, 2.24) is 9.97 Å². The van der Waals surface area contributed by atoms with Crippen LogP contribution in [0.1, 0.15) is 41.8 Å². The van der Waals surface area contributed by atoms with Gasteiger partial charge < -0.3 is 20.5 Å². The van der Waals surface area contributed by atoms with E-state index in [0.717, 1.165) is 23.4 Å². The molecule has 4 rings (SSSR count). The molecule has 10 heteroatoms. The third-order valence-electron chi connectivity index (χ3n) is 5.03. The van der Waals surface area contributed by atoms with Crippen LogP contribution in [0, 0.1) is 0 Å². The first-order valence-corrected chi connectivity index (χ1v) is 9.33. The highest BCUT2D eigenvalue weighted by Gasteiger charge is 2.41. The van der Waals surface area contributed by atoms with E-state index in [1.165, 1.54) is 18.6 Å². The van der Waals surface area contributed by atoms with Crippen LogP contribution in [0.3, 0.4) is 0 Å². The second kappa shape index (κ2) is 6.98. The topological polar surface area (TPSA) is 82.3 Å². The van der Waals surface area contributed by atoms with Gasteiger partial charge in [-0.3, -0.25) is 0 Å². The number of fused-ring (bicyclic) bond motifs is 1. The fraction of sp³-hybridized carbons (Fsp3) is 0.368. The van der Waals surface area contributed by atoms with E-state index in [4.69, 9.17) is 26.8 Å². The van der Waals surface area contributed by atoms with Crippen molar-refractivity contribution in [2.75, 3.05) is 11.1 Å². The smallest absolute Gasteiger partial charge is 0.416 e. The minimum absolute atomic E-state index is 0.0315. The molecular formula is C19H18ClF3N4O2. The number of aromatic nitrogens is 2. The molecule has 2 aromatic rings. The summed E-state index contributed by atoms with van der Waals surface area (Å²) in [5.74, 6) is -0.383. The third kappa shape index (κ3) is 3.91. The standard InChI is InChI=1S/C19H18ClF3N4O2/c1-10(11-6-12(19(21,22)23)8-13(24)7-11)25-16-14-9-18(28-4-5-29-18)3-2-15(14)26-17(20)27-16/h4-8,10H,2-3,9,24H2,1H3,(H,25,26,27)/t10-/m1/s1. The maximum absolute atomic E-state index is 13.1. The molecule has 3 N–H and O–H groups in total. The van der Waals surface area contributed by atoms with Crippen LogP contribution in [-0.2, 0) is 28.5 Å². The molecule has 0 bridgehead atoms. The summed E-state index contributed by atoms with van der Waals surface area (Å²) in [5.41, 5.74) is 6.81. The molecule has 1 spiro atoms. The third-order valence-corrected chi connectivity index (χ3v) is 5.20. The number of anilines is 2. The van der Waals surface area contributed by atoms with Crippen LogP contribution < -0.4 is 11.1 Å². The van der Waals surface area contributed by atoms with Gasteiger partial charge in [0.1, 0.15) is 18.3 Å². The number of ether oxygens (including phenoxy) is 2. The Morgan fingerprint density at radius 1 is 1.21 bits per heavy atom. The molecule has 0 amide bonds. The molecule has 1 aromatic carbocycles. The van der Waals surface area contributed by atoms with Gasteiger partial charge in [-0.2, -0.15) is 13.2 Å². The van der Waals surface area contributed by atoms with Gasteiger partial charge >= 0.3 is 6.18 Å². The van der Waals surface area contributed by atoms with Crippen molar-refractivity contribution in [3.8, 4) is 0 Å². The number of hydrogen-bond acceptors (Lipinski definition) is 6. The van der Waals surface area contributed by atoms with Crippen molar-refractivity contribution in [2.24, 2.45) is 0 Å². The average molecular weight is 427 g/mol. The second-order valence-electron chi connectivity index (χ2n) is 7.11. The van der Waals surface area contributed by atoms with Gasteiger partial charge in [0.25, 0.3) is 5.79 Å². The lowest BCUT2D eigenvalue weighted by Crippen LogP contribution is -2.38. The Morgan fingerprint density at radius 2 is 1.93 bits per heavy atom. The van der Waals surface area contributed by atoms with Gasteiger partial charge in [0.2, 0.25) is 5.28 Å². The van der Waals surface area contributed by atoms with Gasteiger partial charge in [0, 0.05) is 17.7 Å². The van der Waals surface area contributed by atoms with Crippen LogP contribution in [0.4, 0.5) is 24.7 Å². The summed E-state index contributed by atoms with van der Waals surface area (Å²) in [6.07, 6.45) is 0.0359. The summed E-state index contributed by atoms with van der Waals surface area (Å²) in [6, 6.07) is 2.95. The molecule has 1 aliphatic heterocycles. The molecule has 0 saturated carbocycles. The van der Waals surface area contributed by atoms with Crippen molar-refractivity contribution in [3.05, 3.63) is 58.4 Å². The number of alkyl halides is 3. The molecule has 1 aliphatic carbocycles. The number of aryl methyl sites for hydroxylation is 1. The maximum Gasteiger partial charge on any atom is 0.416 e. The number of nitrogens with two attached hydrogens (primary N) is 1. The number of nitrogens with one attached hydrogen (secondary N) is 1. The summed E-state index contributed by atoms with van der Waals surface area (Å²) in [5, 5.41) is 3.21. The number of nitrogens with zero attached hydrogens (tertiary/aromatic N) is 2. The number of hydrogen-bond donors (Lipinski definition) is 2. The first-order valence-electron chi connectivity index (χ1n) is 8.95. The van der Waals surface area contributed by atoms with Crippen LogP contribution in [0.25, 0.3) is 0 Å². The Labute approximate surface area is 169 Å². The Kier molecular flexibility index (Phi) is 4.72. The Hall–Kier alpha value is -2.68. The van der Waals surface area contributed by atoms with E-state index < -0.39 is 23.6 Å². The fourth-order valence-electron chi connectivity index (χ4n) is 3.59. The van der Waals surface area contributed by atoms with Crippen LogP contribution in [0.2, 0.25) is 5.28 Å². The van der Waals surface area contributed by atoms with E-state index in [1.54, 1.807) is 6.92 Å². The largest absolute Gasteiger partial charge is 0.456 e. The van der Waals surface area contributed by atoms with Gasteiger partial charge in [-0.1, -0.05) is 0 Å². The molecular weight excluding hydrogens is 409 g/mol. The predicted molar refractivity (Wildman–Crippen MR) is 101 cm³/mol. The van der Waals surface area contributed by atoms with E-state index in [0.29, 0.717) is 30.6 Å². The van der Waals surface area contributed by atoms with Crippen molar-refractivity contribution in [3.63, 3.8) is 0 Å². The van der Waals surface area contributed by atoms with E-state index in [9.17, 15) is 13.2 Å². The molecule has 0 radical (unpaired) electrons. The van der Waals surface area contributed by atoms with Gasteiger partial charge in [-0.25, -0.2) is 9.97 Å². The summed E-state index contributed by atoms with van der Waals surface area (Å²) < 4.78 is 50.7. The number of rotatable bonds is 3. The molecule has 1 aromatic heterocycles. The van der Waals surface area contributed by atoms with Gasteiger partial charge in [-0.15, -0.1) is 0 Å². The Bertz CT molecular complexity index is 973. The van der Waals surface area contributed by atoms with Gasteiger partial charge in [0.15, 0.2) is 0 Å². The quantitative estimate of drug-likeness (QED) is 0.551. The second-order valence-corrected chi connectivity index (χ2v) is 7.45. The number of halogens is 4. The van der Waals surface area contributed by atoms with E-state index in [2.05, 4.69) is 15.3 Å². The minimum Gasteiger partial charge on any atom is -0.456 e. The Morgan fingerprint density at radius 3 is 2.62 bits per heavy atom.